The number of nitrogens with zero attached hydrogens (tertiary/aromatic N) is 1. The zero-order valence-corrected chi connectivity index (χ0v) is 17.9. The van der Waals surface area contributed by atoms with Gasteiger partial charge >= 0.3 is 5.97 Å². The van der Waals surface area contributed by atoms with Gasteiger partial charge in [-0.1, -0.05) is 54.2 Å². The molecule has 154 valence electrons. The molecule has 0 aliphatic heterocycles. The molecule has 0 N–H and O–H groups in total. The highest BCUT2D eigenvalue weighted by molar-refractivity contribution is 8.13. The number of ether oxygens (including phenoxy) is 1. The van der Waals surface area contributed by atoms with Crippen LogP contribution in [0.2, 0.25) is 0 Å². The molecule has 1 atom stereocenters. The van der Waals surface area contributed by atoms with Crippen molar-refractivity contribution >= 4 is 34.4 Å². The average Bonchev–Trinajstić information content (AvgIpc) is 2.69. The molecule has 0 saturated heterocycles. The second-order valence-electron chi connectivity index (χ2n) is 6.76. The van der Waals surface area contributed by atoms with Gasteiger partial charge in [0.25, 0.3) is 0 Å². The summed E-state index contributed by atoms with van der Waals surface area (Å²) in [6.07, 6.45) is 0.491. The quantitative estimate of drug-likeness (QED) is 0.581. The minimum atomic E-state index is -0.458. The molecule has 0 saturated carbocycles. The van der Waals surface area contributed by atoms with Crippen LogP contribution in [-0.4, -0.2) is 35.9 Å². The van der Waals surface area contributed by atoms with Crippen LogP contribution in [0.1, 0.15) is 25.0 Å². The van der Waals surface area contributed by atoms with Crippen molar-refractivity contribution < 1.29 is 19.1 Å². The van der Waals surface area contributed by atoms with E-state index in [0.29, 0.717) is 17.9 Å². The van der Waals surface area contributed by atoms with Gasteiger partial charge in [0, 0.05) is 18.4 Å². The van der Waals surface area contributed by atoms with E-state index in [1.54, 1.807) is 6.92 Å². The fourth-order valence-electron chi connectivity index (χ4n) is 2.98. The lowest BCUT2D eigenvalue weighted by atomic mass is 9.99. The standard InChI is InChI=1S/C23H27NO4S/c1-4-28-22(26)15-24(21-12-8-9-17(2)13-21)23(27)20(16-29-18(3)25)14-19-10-6-5-7-11-19/h5-13,20H,4,14-16H2,1-3H3. The first-order valence-electron chi connectivity index (χ1n) is 9.61. The van der Waals surface area contributed by atoms with Gasteiger partial charge in [-0.2, -0.15) is 0 Å². The highest BCUT2D eigenvalue weighted by atomic mass is 32.2. The first kappa shape index (κ1) is 22.7. The monoisotopic (exact) mass is 413 g/mol. The van der Waals surface area contributed by atoms with Crippen LogP contribution >= 0.6 is 11.8 Å². The van der Waals surface area contributed by atoms with Gasteiger partial charge in [0.1, 0.15) is 6.54 Å². The Morgan fingerprint density at radius 3 is 2.41 bits per heavy atom. The molecular weight excluding hydrogens is 386 g/mol. The summed E-state index contributed by atoms with van der Waals surface area (Å²) < 4.78 is 5.08. The van der Waals surface area contributed by atoms with E-state index in [-0.39, 0.29) is 24.2 Å². The van der Waals surface area contributed by atoms with Crippen molar-refractivity contribution in [2.24, 2.45) is 5.92 Å². The van der Waals surface area contributed by atoms with Gasteiger partial charge in [0.05, 0.1) is 12.5 Å². The van der Waals surface area contributed by atoms with Gasteiger partial charge in [-0.3, -0.25) is 14.4 Å². The van der Waals surface area contributed by atoms with Crippen LogP contribution in [-0.2, 0) is 25.5 Å². The van der Waals surface area contributed by atoms with E-state index >= 15 is 0 Å². The van der Waals surface area contributed by atoms with Crippen LogP contribution in [0.4, 0.5) is 5.69 Å². The molecular formula is C23H27NO4S. The summed E-state index contributed by atoms with van der Waals surface area (Å²) in [5, 5.41) is -0.0386. The molecule has 0 heterocycles. The van der Waals surface area contributed by atoms with Crippen molar-refractivity contribution in [3.8, 4) is 0 Å². The summed E-state index contributed by atoms with van der Waals surface area (Å²) in [5.41, 5.74) is 2.64. The maximum absolute atomic E-state index is 13.5. The van der Waals surface area contributed by atoms with Crippen LogP contribution < -0.4 is 4.90 Å². The van der Waals surface area contributed by atoms with Gasteiger partial charge in [0.15, 0.2) is 5.12 Å². The summed E-state index contributed by atoms with van der Waals surface area (Å²) >= 11 is 1.13. The fraction of sp³-hybridized carbons (Fsp3) is 0.348. The zero-order chi connectivity index (χ0) is 21.2. The number of anilines is 1. The number of thioether (sulfide) groups is 1. The molecule has 1 unspecified atom stereocenters. The molecule has 1 amide bonds. The second kappa shape index (κ2) is 11.4. The van der Waals surface area contributed by atoms with Gasteiger partial charge < -0.3 is 9.64 Å². The summed E-state index contributed by atoms with van der Waals surface area (Å²) in [6.45, 7) is 5.25. The average molecular weight is 414 g/mol. The van der Waals surface area contributed by atoms with E-state index in [1.165, 1.54) is 11.8 Å². The predicted molar refractivity (Wildman–Crippen MR) is 117 cm³/mol. The number of aryl methyl sites for hydroxylation is 1. The Morgan fingerprint density at radius 2 is 1.79 bits per heavy atom. The number of hydrogen-bond donors (Lipinski definition) is 0. The van der Waals surface area contributed by atoms with Crippen molar-refractivity contribution in [2.75, 3.05) is 23.8 Å². The largest absolute Gasteiger partial charge is 0.465 e. The van der Waals surface area contributed by atoms with Crippen molar-refractivity contribution in [1.29, 1.82) is 0 Å². The molecule has 0 bridgehead atoms. The lowest BCUT2D eigenvalue weighted by Crippen LogP contribution is -2.42. The van der Waals surface area contributed by atoms with E-state index in [2.05, 4.69) is 0 Å². The molecule has 2 rings (SSSR count). The number of carbonyl (C=O) groups excluding carboxylic acids is 3. The molecule has 6 heteroatoms. The number of rotatable bonds is 9. The summed E-state index contributed by atoms with van der Waals surface area (Å²) in [5.74, 6) is -0.740. The Morgan fingerprint density at radius 1 is 1.07 bits per heavy atom. The highest BCUT2D eigenvalue weighted by Crippen LogP contribution is 2.23. The van der Waals surface area contributed by atoms with Crippen molar-refractivity contribution in [3.05, 3.63) is 65.7 Å². The van der Waals surface area contributed by atoms with Crippen LogP contribution in [0.15, 0.2) is 54.6 Å². The molecule has 0 aliphatic rings. The van der Waals surface area contributed by atoms with E-state index in [1.807, 2.05) is 61.5 Å². The third kappa shape index (κ3) is 7.38. The smallest absolute Gasteiger partial charge is 0.326 e. The van der Waals surface area contributed by atoms with Crippen LogP contribution in [0.25, 0.3) is 0 Å². The third-order valence-corrected chi connectivity index (χ3v) is 5.31. The molecule has 29 heavy (non-hydrogen) atoms. The Bertz CT molecular complexity index is 838. The summed E-state index contributed by atoms with van der Waals surface area (Å²) in [4.78, 5) is 38.7. The predicted octanol–water partition coefficient (Wildman–Crippen LogP) is 4.03. The molecule has 0 spiro atoms. The van der Waals surface area contributed by atoms with Crippen molar-refractivity contribution in [2.45, 2.75) is 27.2 Å². The maximum Gasteiger partial charge on any atom is 0.326 e. The first-order valence-corrected chi connectivity index (χ1v) is 10.6. The minimum absolute atomic E-state index is 0.0386. The van der Waals surface area contributed by atoms with Gasteiger partial charge in [-0.25, -0.2) is 0 Å². The van der Waals surface area contributed by atoms with E-state index < -0.39 is 11.9 Å². The lowest BCUT2D eigenvalue weighted by molar-refractivity contribution is -0.142. The SMILES string of the molecule is CCOC(=O)CN(C(=O)C(CSC(C)=O)Cc1ccccc1)c1cccc(C)c1. The van der Waals surface area contributed by atoms with Crippen molar-refractivity contribution in [3.63, 3.8) is 0 Å². The number of carbonyl (C=O) groups is 3. The Hall–Kier alpha value is -2.60. The molecule has 2 aromatic rings. The molecule has 0 fully saturated rings. The van der Waals surface area contributed by atoms with Gasteiger partial charge in [-0.15, -0.1) is 0 Å². The molecule has 5 nitrogen and oxygen atoms in total. The van der Waals surface area contributed by atoms with E-state index in [4.69, 9.17) is 4.74 Å². The first-order chi connectivity index (χ1) is 13.9. The second-order valence-corrected chi connectivity index (χ2v) is 7.95. The Balaban J connectivity index is 2.33. The van der Waals surface area contributed by atoms with E-state index in [9.17, 15) is 14.4 Å². The van der Waals surface area contributed by atoms with Crippen LogP contribution in [0, 0.1) is 12.8 Å². The molecule has 0 aromatic heterocycles. The number of benzene rings is 2. The highest BCUT2D eigenvalue weighted by Gasteiger charge is 2.28. The normalized spacial score (nSPS) is 11.6. The number of esters is 1. The topological polar surface area (TPSA) is 63.7 Å². The zero-order valence-electron chi connectivity index (χ0n) is 17.1. The summed E-state index contributed by atoms with van der Waals surface area (Å²) in [6, 6.07) is 17.2. The molecule has 0 radical (unpaired) electrons. The third-order valence-electron chi connectivity index (χ3n) is 4.33. The Labute approximate surface area is 176 Å². The van der Waals surface area contributed by atoms with Crippen LogP contribution in [0.3, 0.4) is 0 Å². The van der Waals surface area contributed by atoms with E-state index in [0.717, 1.165) is 22.9 Å². The maximum atomic E-state index is 13.5. The van der Waals surface area contributed by atoms with Crippen LogP contribution in [0.5, 0.6) is 0 Å². The Kier molecular flexibility index (Phi) is 8.93. The van der Waals surface area contributed by atoms with Gasteiger partial charge in [0.2, 0.25) is 5.91 Å². The minimum Gasteiger partial charge on any atom is -0.465 e. The fourth-order valence-corrected chi connectivity index (χ4v) is 3.68. The molecule has 0 aliphatic carbocycles. The number of hydrogen-bond acceptors (Lipinski definition) is 5. The number of amides is 1. The molecule has 2 aromatic carbocycles. The summed E-state index contributed by atoms with van der Waals surface area (Å²) in [7, 11) is 0. The van der Waals surface area contributed by atoms with Crippen molar-refractivity contribution in [1.82, 2.24) is 0 Å². The van der Waals surface area contributed by atoms with Gasteiger partial charge in [-0.05, 0) is 43.5 Å². The lowest BCUT2D eigenvalue weighted by Gasteiger charge is -2.27.